The van der Waals surface area contributed by atoms with E-state index in [1.165, 1.54) is 11.1 Å². The smallest absolute Gasteiger partial charge is 0.252 e. The highest BCUT2D eigenvalue weighted by Crippen LogP contribution is 2.31. The van der Waals surface area contributed by atoms with Crippen molar-refractivity contribution in [1.82, 2.24) is 15.0 Å². The van der Waals surface area contributed by atoms with Gasteiger partial charge >= 0.3 is 0 Å². The fraction of sp³-hybridized carbons (Fsp3) is 0.294. The second kappa shape index (κ2) is 6.29. The molecule has 2 N–H and O–H groups in total. The maximum absolute atomic E-state index is 11.6. The van der Waals surface area contributed by atoms with E-state index in [1.54, 1.807) is 23.9 Å². The van der Waals surface area contributed by atoms with Crippen LogP contribution in [-0.4, -0.2) is 47.0 Å². The van der Waals surface area contributed by atoms with Gasteiger partial charge in [-0.25, -0.2) is 9.97 Å². The van der Waals surface area contributed by atoms with Crippen LogP contribution in [-0.2, 0) is 0 Å². The maximum atomic E-state index is 11.6. The van der Waals surface area contributed by atoms with Gasteiger partial charge in [0, 0.05) is 43.4 Å². The number of aryl methyl sites for hydroxylation is 1. The molecule has 0 spiro atoms. The van der Waals surface area contributed by atoms with Crippen LogP contribution in [0, 0.1) is 6.92 Å². The molecule has 0 bridgehead atoms. The zero-order valence-electron chi connectivity index (χ0n) is 13.8. The minimum atomic E-state index is -0.447. The lowest BCUT2D eigenvalue weighted by Crippen LogP contribution is -2.47. The van der Waals surface area contributed by atoms with Crippen molar-refractivity contribution in [2.75, 3.05) is 36.0 Å². The van der Waals surface area contributed by atoms with Gasteiger partial charge in [-0.2, -0.15) is 0 Å². The van der Waals surface area contributed by atoms with Gasteiger partial charge in [-0.3, -0.25) is 9.78 Å². The molecule has 1 saturated heterocycles. The van der Waals surface area contributed by atoms with Crippen LogP contribution in [0.4, 0.5) is 11.5 Å². The number of amides is 1. The number of pyridine rings is 1. The predicted octanol–water partition coefficient (Wildman–Crippen LogP) is 1.82. The van der Waals surface area contributed by atoms with Gasteiger partial charge in [-0.1, -0.05) is 0 Å². The first kappa shape index (κ1) is 15.8. The predicted molar refractivity (Wildman–Crippen MR) is 99.3 cm³/mol. The second-order valence-electron chi connectivity index (χ2n) is 6.00. The molecule has 3 aromatic rings. The molecular formula is C17H18N6OS. The fourth-order valence-electron chi connectivity index (χ4n) is 3.23. The van der Waals surface area contributed by atoms with Crippen molar-refractivity contribution in [3.63, 3.8) is 0 Å². The van der Waals surface area contributed by atoms with Crippen molar-refractivity contribution in [1.29, 1.82) is 0 Å². The number of hydrogen-bond acceptors (Lipinski definition) is 7. The number of nitrogens with zero attached hydrogens (tertiary/aromatic N) is 5. The number of fused-ring (bicyclic) bond motifs is 1. The summed E-state index contributed by atoms with van der Waals surface area (Å²) in [5, 5.41) is 1.11. The van der Waals surface area contributed by atoms with Crippen LogP contribution in [0.1, 0.15) is 15.2 Å². The third kappa shape index (κ3) is 2.89. The number of rotatable bonds is 3. The van der Waals surface area contributed by atoms with E-state index in [1.807, 2.05) is 6.07 Å². The number of piperazine rings is 1. The summed E-state index contributed by atoms with van der Waals surface area (Å²) in [7, 11) is 0. The molecule has 4 rings (SSSR count). The average Bonchev–Trinajstić information content (AvgIpc) is 3.02. The van der Waals surface area contributed by atoms with E-state index in [-0.39, 0.29) is 0 Å². The molecule has 4 heterocycles. The summed E-state index contributed by atoms with van der Waals surface area (Å²) in [6, 6.07) is 4.00. The maximum Gasteiger partial charge on any atom is 0.252 e. The second-order valence-corrected chi connectivity index (χ2v) is 7.24. The number of primary amides is 1. The molecule has 0 aliphatic carbocycles. The summed E-state index contributed by atoms with van der Waals surface area (Å²) in [4.78, 5) is 31.2. The van der Waals surface area contributed by atoms with Crippen molar-refractivity contribution < 1.29 is 4.79 Å². The summed E-state index contributed by atoms with van der Waals surface area (Å²) in [5.41, 5.74) is 6.79. The largest absolute Gasteiger partial charge is 0.367 e. The lowest BCUT2D eigenvalue weighted by molar-refractivity contribution is 0.100. The van der Waals surface area contributed by atoms with Crippen molar-refractivity contribution in [3.05, 3.63) is 41.3 Å². The number of nitrogens with two attached hydrogens (primary N) is 1. The molecule has 0 saturated carbocycles. The van der Waals surface area contributed by atoms with Gasteiger partial charge in [-0.15, -0.1) is 11.3 Å². The number of thiophene rings is 1. The monoisotopic (exact) mass is 354 g/mol. The lowest BCUT2D eigenvalue weighted by Gasteiger charge is -2.37. The molecule has 1 fully saturated rings. The zero-order valence-corrected chi connectivity index (χ0v) is 14.7. The number of anilines is 2. The Hall–Kier alpha value is -2.74. The molecule has 1 aliphatic rings. The van der Waals surface area contributed by atoms with Gasteiger partial charge in [0.25, 0.3) is 5.91 Å². The van der Waals surface area contributed by atoms with Crippen LogP contribution >= 0.6 is 11.3 Å². The van der Waals surface area contributed by atoms with E-state index in [0.717, 1.165) is 47.9 Å². The van der Waals surface area contributed by atoms with Crippen molar-refractivity contribution in [2.24, 2.45) is 5.73 Å². The van der Waals surface area contributed by atoms with Gasteiger partial charge in [0.15, 0.2) is 0 Å². The molecule has 8 heteroatoms. The van der Waals surface area contributed by atoms with Gasteiger partial charge in [-0.05, 0) is 19.1 Å². The van der Waals surface area contributed by atoms with Crippen LogP contribution in [0.25, 0.3) is 10.2 Å². The lowest BCUT2D eigenvalue weighted by atomic mass is 10.1. The van der Waals surface area contributed by atoms with E-state index < -0.39 is 5.91 Å². The zero-order chi connectivity index (χ0) is 17.4. The summed E-state index contributed by atoms with van der Waals surface area (Å²) in [5.74, 6) is 0.538. The Bertz CT molecular complexity index is 932. The molecule has 1 amide bonds. The van der Waals surface area contributed by atoms with Crippen LogP contribution in [0.3, 0.4) is 0 Å². The first-order valence-electron chi connectivity index (χ1n) is 8.08. The molecule has 0 atom stereocenters. The Balaban J connectivity index is 1.57. The molecular weight excluding hydrogens is 336 g/mol. The molecule has 25 heavy (non-hydrogen) atoms. The van der Waals surface area contributed by atoms with Crippen LogP contribution in [0.15, 0.2) is 30.9 Å². The number of hydrogen-bond donors (Lipinski definition) is 1. The summed E-state index contributed by atoms with van der Waals surface area (Å²) in [6.07, 6.45) is 4.86. The van der Waals surface area contributed by atoms with Crippen LogP contribution < -0.4 is 15.5 Å². The molecule has 3 aromatic heterocycles. The minimum absolute atomic E-state index is 0.447. The van der Waals surface area contributed by atoms with Crippen LogP contribution in [0.2, 0.25) is 0 Å². The fourth-order valence-corrected chi connectivity index (χ4v) is 4.07. The first-order chi connectivity index (χ1) is 12.1. The Morgan fingerprint density at radius 1 is 1.20 bits per heavy atom. The van der Waals surface area contributed by atoms with E-state index >= 15 is 0 Å². The molecule has 0 radical (unpaired) electrons. The molecule has 0 aromatic carbocycles. The van der Waals surface area contributed by atoms with Gasteiger partial charge in [0.2, 0.25) is 0 Å². The summed E-state index contributed by atoms with van der Waals surface area (Å²) < 4.78 is 0. The minimum Gasteiger partial charge on any atom is -0.367 e. The SMILES string of the molecule is Cc1cc2c(N3CCN(c4ccncc4C(N)=O)CC3)ncnc2s1. The average molecular weight is 354 g/mol. The first-order valence-corrected chi connectivity index (χ1v) is 8.90. The Kier molecular flexibility index (Phi) is 3.96. The summed E-state index contributed by atoms with van der Waals surface area (Å²) in [6.45, 7) is 5.31. The van der Waals surface area contributed by atoms with Gasteiger partial charge < -0.3 is 15.5 Å². The number of carbonyl (C=O) groups excluding carboxylic acids is 1. The van der Waals surface area contributed by atoms with E-state index in [2.05, 4.69) is 37.7 Å². The Morgan fingerprint density at radius 3 is 2.72 bits per heavy atom. The van der Waals surface area contributed by atoms with Gasteiger partial charge in [0.1, 0.15) is 17.0 Å². The molecule has 128 valence electrons. The standard InChI is InChI=1S/C17H18N6OS/c1-11-8-12-16(20-10-21-17(12)25-11)23-6-4-22(5-7-23)14-2-3-19-9-13(14)15(18)24/h2-3,8-10H,4-7H2,1H3,(H2,18,24). The normalized spacial score (nSPS) is 14.9. The number of aromatic nitrogens is 3. The quantitative estimate of drug-likeness (QED) is 0.772. The highest BCUT2D eigenvalue weighted by Gasteiger charge is 2.23. The van der Waals surface area contributed by atoms with Crippen molar-refractivity contribution >= 4 is 39.0 Å². The van der Waals surface area contributed by atoms with Gasteiger partial charge in [0.05, 0.1) is 16.6 Å². The molecule has 1 aliphatic heterocycles. The third-order valence-electron chi connectivity index (χ3n) is 4.41. The van der Waals surface area contributed by atoms with Crippen molar-refractivity contribution in [2.45, 2.75) is 6.92 Å². The number of carbonyl (C=O) groups is 1. The Labute approximate surface area is 149 Å². The summed E-state index contributed by atoms with van der Waals surface area (Å²) >= 11 is 1.69. The topological polar surface area (TPSA) is 88.2 Å². The third-order valence-corrected chi connectivity index (χ3v) is 5.37. The molecule has 0 unspecified atom stereocenters. The van der Waals surface area contributed by atoms with Crippen molar-refractivity contribution in [3.8, 4) is 0 Å². The van der Waals surface area contributed by atoms with E-state index in [4.69, 9.17) is 5.73 Å². The van der Waals surface area contributed by atoms with E-state index in [0.29, 0.717) is 5.56 Å². The highest BCUT2D eigenvalue weighted by molar-refractivity contribution is 7.18. The highest BCUT2D eigenvalue weighted by atomic mass is 32.1. The van der Waals surface area contributed by atoms with E-state index in [9.17, 15) is 4.79 Å². The Morgan fingerprint density at radius 2 is 1.96 bits per heavy atom. The molecule has 7 nitrogen and oxygen atoms in total. The van der Waals surface area contributed by atoms with Crippen LogP contribution in [0.5, 0.6) is 0 Å².